The first-order chi connectivity index (χ1) is 8.41. The highest BCUT2D eigenvalue weighted by Crippen LogP contribution is 2.24. The van der Waals surface area contributed by atoms with Gasteiger partial charge in [-0.25, -0.2) is 0 Å². The van der Waals surface area contributed by atoms with E-state index in [-0.39, 0.29) is 17.6 Å². The summed E-state index contributed by atoms with van der Waals surface area (Å²) >= 11 is 1.33. The van der Waals surface area contributed by atoms with Crippen LogP contribution in [0.2, 0.25) is 0 Å². The summed E-state index contributed by atoms with van der Waals surface area (Å²) in [5.41, 5.74) is 15.6. The van der Waals surface area contributed by atoms with Gasteiger partial charge in [0.1, 0.15) is 0 Å². The van der Waals surface area contributed by atoms with Crippen LogP contribution >= 0.6 is 11.8 Å². The van der Waals surface area contributed by atoms with Crippen molar-refractivity contribution in [2.24, 2.45) is 17.2 Å². The standard InChI is InChI=1S/C10H18N4O3S/c11-6(9(13)16)5-18-7-1-3-14(10(7)17)4-2-8(12)15/h6-7H,1-5,11H2,(H2,12,15)(H2,13,16). The molecule has 1 saturated heterocycles. The highest BCUT2D eigenvalue weighted by Gasteiger charge is 2.32. The first-order valence-electron chi connectivity index (χ1n) is 5.65. The van der Waals surface area contributed by atoms with Crippen LogP contribution in [-0.2, 0) is 14.4 Å². The molecule has 3 amide bonds. The number of amides is 3. The number of carbonyl (C=O) groups excluding carboxylic acids is 3. The molecule has 1 aliphatic rings. The van der Waals surface area contributed by atoms with Gasteiger partial charge in [-0.15, -0.1) is 11.8 Å². The number of rotatable bonds is 7. The van der Waals surface area contributed by atoms with Gasteiger partial charge in [0.15, 0.2) is 0 Å². The molecule has 1 heterocycles. The van der Waals surface area contributed by atoms with E-state index in [1.807, 2.05) is 0 Å². The third-order valence-corrected chi connectivity index (χ3v) is 4.11. The molecule has 6 N–H and O–H groups in total. The predicted molar refractivity (Wildman–Crippen MR) is 68.4 cm³/mol. The lowest BCUT2D eigenvalue weighted by molar-refractivity contribution is -0.128. The Labute approximate surface area is 109 Å². The van der Waals surface area contributed by atoms with E-state index in [9.17, 15) is 14.4 Å². The molecule has 0 bridgehead atoms. The van der Waals surface area contributed by atoms with Crippen molar-refractivity contribution < 1.29 is 14.4 Å². The second kappa shape index (κ2) is 6.60. The van der Waals surface area contributed by atoms with Crippen LogP contribution in [0.25, 0.3) is 0 Å². The maximum absolute atomic E-state index is 11.9. The number of hydrogen-bond acceptors (Lipinski definition) is 5. The molecule has 18 heavy (non-hydrogen) atoms. The van der Waals surface area contributed by atoms with E-state index < -0.39 is 17.9 Å². The fourth-order valence-electron chi connectivity index (χ4n) is 1.63. The van der Waals surface area contributed by atoms with Crippen LogP contribution in [-0.4, -0.2) is 52.8 Å². The number of hydrogen-bond donors (Lipinski definition) is 3. The Morgan fingerprint density at radius 3 is 2.67 bits per heavy atom. The number of nitrogens with zero attached hydrogens (tertiary/aromatic N) is 1. The molecule has 102 valence electrons. The van der Waals surface area contributed by atoms with E-state index in [1.54, 1.807) is 4.90 Å². The Hall–Kier alpha value is -1.28. The average molecular weight is 274 g/mol. The molecular formula is C10H18N4O3S. The third kappa shape index (κ3) is 4.19. The van der Waals surface area contributed by atoms with Crippen LogP contribution in [0.5, 0.6) is 0 Å². The minimum atomic E-state index is -0.734. The number of thioether (sulfide) groups is 1. The molecule has 1 fully saturated rings. The van der Waals surface area contributed by atoms with Crippen molar-refractivity contribution >= 4 is 29.5 Å². The van der Waals surface area contributed by atoms with Crippen molar-refractivity contribution in [1.29, 1.82) is 0 Å². The fourth-order valence-corrected chi connectivity index (χ4v) is 2.80. The monoisotopic (exact) mass is 274 g/mol. The smallest absolute Gasteiger partial charge is 0.235 e. The average Bonchev–Trinajstić information content (AvgIpc) is 2.64. The summed E-state index contributed by atoms with van der Waals surface area (Å²) in [7, 11) is 0. The van der Waals surface area contributed by atoms with Crippen molar-refractivity contribution in [3.05, 3.63) is 0 Å². The van der Waals surface area contributed by atoms with Gasteiger partial charge < -0.3 is 22.1 Å². The van der Waals surface area contributed by atoms with Gasteiger partial charge in [-0.2, -0.15) is 0 Å². The summed E-state index contributed by atoms with van der Waals surface area (Å²) < 4.78 is 0. The lowest BCUT2D eigenvalue weighted by atomic mass is 10.3. The van der Waals surface area contributed by atoms with Gasteiger partial charge in [0.2, 0.25) is 17.7 Å². The summed E-state index contributed by atoms with van der Waals surface area (Å²) in [6, 6.07) is -0.734. The SMILES string of the molecule is NC(=O)CCN1CCC(SCC(N)C(N)=O)C1=O. The van der Waals surface area contributed by atoms with E-state index in [2.05, 4.69) is 0 Å². The Morgan fingerprint density at radius 1 is 1.44 bits per heavy atom. The molecule has 2 unspecified atom stereocenters. The molecule has 1 rings (SSSR count). The zero-order chi connectivity index (χ0) is 13.7. The minimum absolute atomic E-state index is 0.0297. The largest absolute Gasteiger partial charge is 0.370 e. The van der Waals surface area contributed by atoms with Crippen LogP contribution in [0.3, 0.4) is 0 Å². The summed E-state index contributed by atoms with van der Waals surface area (Å²) in [6.45, 7) is 0.961. The predicted octanol–water partition coefficient (Wildman–Crippen LogP) is -1.99. The molecule has 0 aromatic carbocycles. The number of carbonyl (C=O) groups is 3. The van der Waals surface area contributed by atoms with Crippen molar-refractivity contribution in [3.8, 4) is 0 Å². The van der Waals surface area contributed by atoms with Gasteiger partial charge >= 0.3 is 0 Å². The first-order valence-corrected chi connectivity index (χ1v) is 6.70. The lowest BCUT2D eigenvalue weighted by Gasteiger charge is -2.16. The molecule has 0 spiro atoms. The molecule has 0 aliphatic carbocycles. The van der Waals surface area contributed by atoms with Gasteiger partial charge in [-0.3, -0.25) is 14.4 Å². The highest BCUT2D eigenvalue weighted by molar-refractivity contribution is 8.00. The molecule has 7 nitrogen and oxygen atoms in total. The molecule has 0 aromatic rings. The minimum Gasteiger partial charge on any atom is -0.370 e. The van der Waals surface area contributed by atoms with Gasteiger partial charge in [0.05, 0.1) is 11.3 Å². The number of likely N-dealkylation sites (tertiary alicyclic amines) is 1. The Bertz CT molecular complexity index is 350. The summed E-state index contributed by atoms with van der Waals surface area (Å²) in [5.74, 6) is -0.693. The van der Waals surface area contributed by atoms with Crippen LogP contribution in [0.1, 0.15) is 12.8 Å². The first kappa shape index (κ1) is 14.8. The molecule has 8 heteroatoms. The molecule has 0 aromatic heterocycles. The van der Waals surface area contributed by atoms with Gasteiger partial charge in [-0.1, -0.05) is 0 Å². The van der Waals surface area contributed by atoms with Gasteiger partial charge in [0, 0.05) is 25.3 Å². The van der Waals surface area contributed by atoms with Crippen molar-refractivity contribution in [3.63, 3.8) is 0 Å². The van der Waals surface area contributed by atoms with Crippen LogP contribution in [0.4, 0.5) is 0 Å². The van der Waals surface area contributed by atoms with Crippen molar-refractivity contribution in [2.75, 3.05) is 18.8 Å². The third-order valence-electron chi connectivity index (χ3n) is 2.72. The maximum Gasteiger partial charge on any atom is 0.235 e. The van der Waals surface area contributed by atoms with E-state index in [1.165, 1.54) is 11.8 Å². The quantitative estimate of drug-likeness (QED) is 0.494. The highest BCUT2D eigenvalue weighted by atomic mass is 32.2. The van der Waals surface area contributed by atoms with E-state index >= 15 is 0 Å². The van der Waals surface area contributed by atoms with Crippen molar-refractivity contribution in [2.45, 2.75) is 24.1 Å². The zero-order valence-electron chi connectivity index (χ0n) is 10.0. The molecule has 0 saturated carbocycles. The fraction of sp³-hybridized carbons (Fsp3) is 0.700. The van der Waals surface area contributed by atoms with Gasteiger partial charge in [-0.05, 0) is 6.42 Å². The summed E-state index contributed by atoms with van der Waals surface area (Å²) in [6.07, 6.45) is 0.859. The van der Waals surface area contributed by atoms with E-state index in [4.69, 9.17) is 17.2 Å². The zero-order valence-corrected chi connectivity index (χ0v) is 10.8. The Morgan fingerprint density at radius 2 is 2.11 bits per heavy atom. The van der Waals surface area contributed by atoms with Crippen LogP contribution < -0.4 is 17.2 Å². The molecule has 1 aliphatic heterocycles. The van der Waals surface area contributed by atoms with Crippen molar-refractivity contribution in [1.82, 2.24) is 4.90 Å². The van der Waals surface area contributed by atoms with Crippen LogP contribution in [0.15, 0.2) is 0 Å². The van der Waals surface area contributed by atoms with Gasteiger partial charge in [0.25, 0.3) is 0 Å². The molecular weight excluding hydrogens is 256 g/mol. The maximum atomic E-state index is 11.9. The Balaban J connectivity index is 2.35. The van der Waals surface area contributed by atoms with E-state index in [0.29, 0.717) is 25.3 Å². The number of nitrogens with two attached hydrogens (primary N) is 3. The number of primary amides is 2. The Kier molecular flexibility index (Phi) is 5.42. The topological polar surface area (TPSA) is 133 Å². The molecule has 0 radical (unpaired) electrons. The lowest BCUT2D eigenvalue weighted by Crippen LogP contribution is -2.39. The van der Waals surface area contributed by atoms with E-state index in [0.717, 1.165) is 0 Å². The summed E-state index contributed by atoms with van der Waals surface area (Å²) in [4.78, 5) is 34.9. The second-order valence-electron chi connectivity index (χ2n) is 4.16. The second-order valence-corrected chi connectivity index (χ2v) is 5.40. The summed E-state index contributed by atoms with van der Waals surface area (Å²) in [5, 5.41) is -0.205. The molecule has 2 atom stereocenters. The normalized spacial score (nSPS) is 21.1. The van der Waals surface area contributed by atoms with Crippen LogP contribution in [0, 0.1) is 0 Å².